The average Bonchev–Trinajstić information content (AvgIpc) is 2.52. The number of nitrogens with one attached hydrogen (secondary N) is 1. The number of rotatable bonds is 3. The van der Waals surface area contributed by atoms with Gasteiger partial charge in [-0.1, -0.05) is 38.5 Å². The zero-order valence-electron chi connectivity index (χ0n) is 12.0. The molecule has 2 N–H and O–H groups in total. The van der Waals surface area contributed by atoms with E-state index >= 15 is 0 Å². The molecule has 1 fully saturated rings. The summed E-state index contributed by atoms with van der Waals surface area (Å²) in [6.07, 6.45) is 2.18. The quantitative estimate of drug-likeness (QED) is 0.855. The Kier molecular flexibility index (Phi) is 3.41. The van der Waals surface area contributed by atoms with E-state index in [0.717, 1.165) is 18.5 Å². The van der Waals surface area contributed by atoms with Crippen LogP contribution in [0, 0.1) is 18.3 Å². The molecule has 2 atom stereocenters. The Morgan fingerprint density at radius 1 is 1.28 bits per heavy atom. The maximum atomic E-state index is 9.87. The van der Waals surface area contributed by atoms with Crippen molar-refractivity contribution in [3.63, 3.8) is 0 Å². The summed E-state index contributed by atoms with van der Waals surface area (Å²) in [5, 5.41) is 13.5. The van der Waals surface area contributed by atoms with Gasteiger partial charge in [0.25, 0.3) is 0 Å². The van der Waals surface area contributed by atoms with Crippen molar-refractivity contribution in [1.82, 2.24) is 0 Å². The van der Waals surface area contributed by atoms with Crippen LogP contribution in [0.1, 0.15) is 39.2 Å². The van der Waals surface area contributed by atoms with Gasteiger partial charge < -0.3 is 10.4 Å². The van der Waals surface area contributed by atoms with E-state index in [-0.39, 0.29) is 12.1 Å². The van der Waals surface area contributed by atoms with Crippen LogP contribution in [0.3, 0.4) is 0 Å². The summed E-state index contributed by atoms with van der Waals surface area (Å²) in [5.41, 5.74) is 2.51. The Balaban J connectivity index is 2.21. The van der Waals surface area contributed by atoms with Crippen molar-refractivity contribution in [1.29, 1.82) is 0 Å². The fraction of sp³-hybridized carbons (Fsp3) is 0.625. The van der Waals surface area contributed by atoms with Gasteiger partial charge in [-0.15, -0.1) is 0 Å². The first-order valence-corrected chi connectivity index (χ1v) is 6.83. The third-order valence-electron chi connectivity index (χ3n) is 4.32. The number of benzene rings is 1. The van der Waals surface area contributed by atoms with E-state index in [1.807, 2.05) is 0 Å². The van der Waals surface area contributed by atoms with Crippen molar-refractivity contribution in [2.75, 3.05) is 11.9 Å². The van der Waals surface area contributed by atoms with Gasteiger partial charge in [0.2, 0.25) is 0 Å². The zero-order chi connectivity index (χ0) is 13.4. The van der Waals surface area contributed by atoms with Gasteiger partial charge in [0.05, 0.1) is 12.1 Å². The fourth-order valence-corrected chi connectivity index (χ4v) is 3.47. The molecule has 2 rings (SSSR count). The van der Waals surface area contributed by atoms with Crippen molar-refractivity contribution in [3.8, 4) is 0 Å². The Hall–Kier alpha value is -1.02. The summed E-state index contributed by atoms with van der Waals surface area (Å²) < 4.78 is 0. The lowest BCUT2D eigenvalue weighted by Crippen LogP contribution is -2.45. The first-order chi connectivity index (χ1) is 8.37. The molecule has 0 spiro atoms. The van der Waals surface area contributed by atoms with Crippen molar-refractivity contribution in [3.05, 3.63) is 29.8 Å². The largest absolute Gasteiger partial charge is 0.394 e. The molecule has 2 unspecified atom stereocenters. The zero-order valence-corrected chi connectivity index (χ0v) is 12.0. The standard InChI is InChI=1S/C16H25NO/c1-12-5-7-14(8-6-12)17-16(11-18)10-15(3,4)9-13(16)2/h5-8,13,17-18H,9-11H2,1-4H3. The molecule has 0 aromatic heterocycles. The van der Waals surface area contributed by atoms with Gasteiger partial charge in [0.1, 0.15) is 0 Å². The summed E-state index contributed by atoms with van der Waals surface area (Å²) in [6.45, 7) is 9.11. The second-order valence-corrected chi connectivity index (χ2v) is 6.75. The number of aryl methyl sites for hydroxylation is 1. The average molecular weight is 247 g/mol. The molecule has 1 aromatic rings. The second-order valence-electron chi connectivity index (χ2n) is 6.75. The van der Waals surface area contributed by atoms with Crippen LogP contribution in [0.25, 0.3) is 0 Å². The summed E-state index contributed by atoms with van der Waals surface area (Å²) in [5.74, 6) is 0.485. The molecule has 1 saturated carbocycles. The summed E-state index contributed by atoms with van der Waals surface area (Å²) in [6, 6.07) is 8.42. The number of aliphatic hydroxyl groups excluding tert-OH is 1. The van der Waals surface area contributed by atoms with Crippen LogP contribution in [0.2, 0.25) is 0 Å². The van der Waals surface area contributed by atoms with Gasteiger partial charge in [0.15, 0.2) is 0 Å². The Bertz CT molecular complexity index is 410. The highest BCUT2D eigenvalue weighted by molar-refractivity contribution is 5.47. The lowest BCUT2D eigenvalue weighted by atomic mass is 9.86. The van der Waals surface area contributed by atoms with Crippen LogP contribution in [0.4, 0.5) is 5.69 Å². The molecule has 0 aliphatic heterocycles. The van der Waals surface area contributed by atoms with Gasteiger partial charge in [-0.2, -0.15) is 0 Å². The summed E-state index contributed by atoms with van der Waals surface area (Å²) >= 11 is 0. The molecule has 0 saturated heterocycles. The van der Waals surface area contributed by atoms with Crippen molar-refractivity contribution in [2.24, 2.45) is 11.3 Å². The van der Waals surface area contributed by atoms with Crippen LogP contribution >= 0.6 is 0 Å². The predicted octanol–water partition coefficient (Wildman–Crippen LogP) is 3.59. The van der Waals surface area contributed by atoms with Crippen LogP contribution < -0.4 is 5.32 Å². The van der Waals surface area contributed by atoms with Gasteiger partial charge in [0, 0.05) is 5.69 Å². The van der Waals surface area contributed by atoms with E-state index in [4.69, 9.17) is 0 Å². The lowest BCUT2D eigenvalue weighted by Gasteiger charge is -2.35. The molecule has 18 heavy (non-hydrogen) atoms. The molecule has 1 aliphatic rings. The smallest absolute Gasteiger partial charge is 0.0664 e. The van der Waals surface area contributed by atoms with E-state index < -0.39 is 0 Å². The maximum Gasteiger partial charge on any atom is 0.0664 e. The number of hydrogen-bond donors (Lipinski definition) is 2. The SMILES string of the molecule is Cc1ccc(NC2(CO)CC(C)(C)CC2C)cc1. The Morgan fingerprint density at radius 3 is 2.33 bits per heavy atom. The van der Waals surface area contributed by atoms with Crippen molar-refractivity contribution in [2.45, 2.75) is 46.1 Å². The maximum absolute atomic E-state index is 9.87. The molecule has 0 heterocycles. The van der Waals surface area contributed by atoms with E-state index in [1.54, 1.807) is 0 Å². The molecule has 1 aromatic carbocycles. The Morgan fingerprint density at radius 2 is 1.89 bits per heavy atom. The van der Waals surface area contributed by atoms with Gasteiger partial charge in [-0.25, -0.2) is 0 Å². The predicted molar refractivity (Wildman–Crippen MR) is 76.8 cm³/mol. The molecule has 100 valence electrons. The van der Waals surface area contributed by atoms with Crippen LogP contribution in [-0.4, -0.2) is 17.3 Å². The summed E-state index contributed by atoms with van der Waals surface area (Å²) in [4.78, 5) is 0. The first-order valence-electron chi connectivity index (χ1n) is 6.83. The highest BCUT2D eigenvalue weighted by Gasteiger charge is 2.48. The van der Waals surface area contributed by atoms with Gasteiger partial charge in [-0.3, -0.25) is 0 Å². The number of aliphatic hydroxyl groups is 1. The highest BCUT2D eigenvalue weighted by atomic mass is 16.3. The van der Waals surface area contributed by atoms with E-state index in [1.165, 1.54) is 5.56 Å². The van der Waals surface area contributed by atoms with Crippen molar-refractivity contribution < 1.29 is 5.11 Å². The number of anilines is 1. The summed E-state index contributed by atoms with van der Waals surface area (Å²) in [7, 11) is 0. The van der Waals surface area contributed by atoms with Gasteiger partial charge >= 0.3 is 0 Å². The van der Waals surface area contributed by atoms with E-state index in [2.05, 4.69) is 57.3 Å². The molecular weight excluding hydrogens is 222 g/mol. The van der Waals surface area contributed by atoms with Crippen LogP contribution in [-0.2, 0) is 0 Å². The number of hydrogen-bond acceptors (Lipinski definition) is 2. The topological polar surface area (TPSA) is 32.3 Å². The van der Waals surface area contributed by atoms with E-state index in [9.17, 15) is 5.11 Å². The fourth-order valence-electron chi connectivity index (χ4n) is 3.47. The highest BCUT2D eigenvalue weighted by Crippen LogP contribution is 2.48. The minimum atomic E-state index is -0.168. The van der Waals surface area contributed by atoms with Crippen LogP contribution in [0.5, 0.6) is 0 Å². The molecule has 2 nitrogen and oxygen atoms in total. The van der Waals surface area contributed by atoms with Gasteiger partial charge in [-0.05, 0) is 43.2 Å². The molecular formula is C16H25NO. The lowest BCUT2D eigenvalue weighted by molar-refractivity contribution is 0.179. The minimum absolute atomic E-state index is 0.168. The first kappa shape index (κ1) is 13.4. The van der Waals surface area contributed by atoms with E-state index in [0.29, 0.717) is 11.3 Å². The van der Waals surface area contributed by atoms with Crippen LogP contribution in [0.15, 0.2) is 24.3 Å². The molecule has 0 amide bonds. The molecule has 0 bridgehead atoms. The monoisotopic (exact) mass is 247 g/mol. The molecule has 2 heteroatoms. The Labute approximate surface area is 110 Å². The molecule has 0 radical (unpaired) electrons. The minimum Gasteiger partial charge on any atom is -0.394 e. The molecule has 1 aliphatic carbocycles. The third-order valence-corrected chi connectivity index (χ3v) is 4.32. The normalized spacial score (nSPS) is 30.4. The van der Waals surface area contributed by atoms with Crippen molar-refractivity contribution >= 4 is 5.69 Å². The third kappa shape index (κ3) is 2.54. The second kappa shape index (κ2) is 4.58.